The van der Waals surface area contributed by atoms with Gasteiger partial charge < -0.3 is 4.74 Å². The van der Waals surface area contributed by atoms with Crippen molar-refractivity contribution in [1.82, 2.24) is 4.57 Å². The first kappa shape index (κ1) is 25.0. The van der Waals surface area contributed by atoms with Gasteiger partial charge in [0.25, 0.3) is 11.2 Å². The fraction of sp³-hybridized carbons (Fsp3) is 0.107. The molecule has 1 atom stereocenters. The van der Waals surface area contributed by atoms with Crippen LogP contribution in [0.3, 0.4) is 0 Å². The number of aromatic nitrogens is 1. The Kier molecular flexibility index (Phi) is 6.80. The zero-order valence-electron chi connectivity index (χ0n) is 20.0. The average molecular weight is 530 g/mol. The predicted molar refractivity (Wildman–Crippen MR) is 141 cm³/mol. The first-order valence-corrected chi connectivity index (χ1v) is 12.5. The Labute approximate surface area is 219 Å². The maximum Gasteiger partial charge on any atom is 0.338 e. The second kappa shape index (κ2) is 10.3. The third-order valence-corrected chi connectivity index (χ3v) is 6.94. The van der Waals surface area contributed by atoms with Gasteiger partial charge in [-0.3, -0.25) is 19.5 Å². The van der Waals surface area contributed by atoms with Crippen molar-refractivity contribution in [3.05, 3.63) is 137 Å². The Morgan fingerprint density at radius 3 is 2.42 bits per heavy atom. The zero-order chi connectivity index (χ0) is 26.8. The number of nitro groups is 1. The molecule has 3 aromatic carbocycles. The molecule has 0 saturated carbocycles. The number of rotatable bonds is 6. The van der Waals surface area contributed by atoms with E-state index in [9.17, 15) is 24.1 Å². The molecule has 0 spiro atoms. The van der Waals surface area contributed by atoms with Crippen molar-refractivity contribution >= 4 is 34.8 Å². The summed E-state index contributed by atoms with van der Waals surface area (Å²) < 4.78 is 21.0. The van der Waals surface area contributed by atoms with E-state index in [0.29, 0.717) is 31.7 Å². The van der Waals surface area contributed by atoms with Crippen molar-refractivity contribution in [1.29, 1.82) is 0 Å². The predicted octanol–water partition coefficient (Wildman–Crippen LogP) is 3.98. The zero-order valence-corrected chi connectivity index (χ0v) is 20.9. The van der Waals surface area contributed by atoms with E-state index in [2.05, 4.69) is 0 Å². The molecule has 8 nitrogen and oxygen atoms in total. The number of halogens is 1. The maximum atomic E-state index is 13.8. The fourth-order valence-electron chi connectivity index (χ4n) is 4.24. The number of fused-ring (bicyclic) bond motifs is 1. The summed E-state index contributed by atoms with van der Waals surface area (Å²) in [5.41, 5.74) is 1.82. The molecule has 4 aromatic rings. The molecule has 0 aliphatic carbocycles. The SMILES string of the molecule is CCOC(=O)C1=C(c2ccccc2)N=c2s/c(=C\c3ccc([N+](=O)[O-])cc3)c(=O)n2[C@@H]1c1ccc(F)cc1. The van der Waals surface area contributed by atoms with E-state index in [1.165, 1.54) is 41.0 Å². The van der Waals surface area contributed by atoms with Crippen molar-refractivity contribution in [2.75, 3.05) is 6.61 Å². The number of nitrogens with zero attached hydrogens (tertiary/aromatic N) is 3. The van der Waals surface area contributed by atoms with E-state index in [-0.39, 0.29) is 17.9 Å². The highest BCUT2D eigenvalue weighted by Crippen LogP contribution is 2.35. The number of thiazole rings is 1. The summed E-state index contributed by atoms with van der Waals surface area (Å²) in [5.74, 6) is -1.08. The van der Waals surface area contributed by atoms with Crippen LogP contribution in [0.4, 0.5) is 10.1 Å². The molecule has 2 heterocycles. The Bertz CT molecular complexity index is 1740. The molecule has 0 saturated heterocycles. The normalized spacial score (nSPS) is 15.1. The minimum absolute atomic E-state index is 0.0634. The molecule has 0 N–H and O–H groups in total. The third-order valence-electron chi connectivity index (χ3n) is 5.96. The highest BCUT2D eigenvalue weighted by atomic mass is 32.1. The molecule has 0 radical (unpaired) electrons. The summed E-state index contributed by atoms with van der Waals surface area (Å²) in [6, 6.07) is 19.6. The lowest BCUT2D eigenvalue weighted by Crippen LogP contribution is -2.40. The van der Waals surface area contributed by atoms with Gasteiger partial charge in [0, 0.05) is 17.7 Å². The molecular weight excluding hydrogens is 509 g/mol. The molecule has 1 aliphatic rings. The highest BCUT2D eigenvalue weighted by Gasteiger charge is 2.35. The molecule has 0 bridgehead atoms. The summed E-state index contributed by atoms with van der Waals surface area (Å²) in [4.78, 5) is 42.7. The molecule has 0 unspecified atom stereocenters. The van der Waals surface area contributed by atoms with Gasteiger partial charge in [0.05, 0.1) is 33.4 Å². The Morgan fingerprint density at radius 2 is 1.79 bits per heavy atom. The van der Waals surface area contributed by atoms with Crippen molar-refractivity contribution in [2.45, 2.75) is 13.0 Å². The number of carbonyl (C=O) groups is 1. The van der Waals surface area contributed by atoms with Gasteiger partial charge in [-0.15, -0.1) is 0 Å². The quantitative estimate of drug-likeness (QED) is 0.214. The molecule has 190 valence electrons. The minimum atomic E-state index is -0.917. The molecular formula is C28H20FN3O5S. The van der Waals surface area contributed by atoms with Crippen LogP contribution >= 0.6 is 11.3 Å². The molecule has 0 amide bonds. The molecule has 5 rings (SSSR count). The molecule has 1 aromatic heterocycles. The largest absolute Gasteiger partial charge is 0.463 e. The summed E-state index contributed by atoms with van der Waals surface area (Å²) >= 11 is 1.13. The van der Waals surface area contributed by atoms with Gasteiger partial charge in [-0.2, -0.15) is 0 Å². The maximum absolute atomic E-state index is 13.8. The van der Waals surface area contributed by atoms with Gasteiger partial charge in [-0.25, -0.2) is 14.2 Å². The van der Waals surface area contributed by atoms with E-state index in [1.54, 1.807) is 25.1 Å². The summed E-state index contributed by atoms with van der Waals surface area (Å²) in [5, 5.41) is 11.0. The van der Waals surface area contributed by atoms with E-state index in [0.717, 1.165) is 11.3 Å². The Balaban J connectivity index is 1.78. The van der Waals surface area contributed by atoms with Gasteiger partial charge >= 0.3 is 5.97 Å². The van der Waals surface area contributed by atoms with Crippen LogP contribution in [-0.2, 0) is 9.53 Å². The lowest BCUT2D eigenvalue weighted by Gasteiger charge is -2.25. The van der Waals surface area contributed by atoms with Gasteiger partial charge in [0.1, 0.15) is 5.82 Å². The van der Waals surface area contributed by atoms with Gasteiger partial charge in [0.2, 0.25) is 0 Å². The van der Waals surface area contributed by atoms with Crippen molar-refractivity contribution < 1.29 is 18.8 Å². The number of esters is 1. The lowest BCUT2D eigenvalue weighted by molar-refractivity contribution is -0.384. The van der Waals surface area contributed by atoms with Gasteiger partial charge in [-0.1, -0.05) is 53.8 Å². The van der Waals surface area contributed by atoms with Crippen LogP contribution in [0.2, 0.25) is 0 Å². The molecule has 1 aliphatic heterocycles. The topological polar surface area (TPSA) is 104 Å². The van der Waals surface area contributed by atoms with Crippen LogP contribution in [0.25, 0.3) is 11.8 Å². The summed E-state index contributed by atoms with van der Waals surface area (Å²) in [7, 11) is 0. The van der Waals surface area contributed by atoms with Crippen LogP contribution in [0, 0.1) is 15.9 Å². The van der Waals surface area contributed by atoms with Crippen molar-refractivity contribution in [3.8, 4) is 0 Å². The van der Waals surface area contributed by atoms with E-state index < -0.39 is 28.3 Å². The number of ether oxygens (including phenoxy) is 1. The standard InChI is InChI=1S/C28H20FN3O5S/c1-2-37-27(34)23-24(18-6-4-3-5-7-18)30-28-31(25(23)19-10-12-20(29)13-11-19)26(33)22(38-28)16-17-8-14-21(15-9-17)32(35)36/h3-16,25H,2H2,1H3/b22-16-/t25-/m1/s1. The fourth-order valence-corrected chi connectivity index (χ4v) is 5.25. The third kappa shape index (κ3) is 4.69. The summed E-state index contributed by atoms with van der Waals surface area (Å²) in [6.45, 7) is 1.80. The highest BCUT2D eigenvalue weighted by molar-refractivity contribution is 7.07. The number of hydrogen-bond acceptors (Lipinski definition) is 7. The molecule has 10 heteroatoms. The van der Waals surface area contributed by atoms with Gasteiger partial charge in [0.15, 0.2) is 4.80 Å². The van der Waals surface area contributed by atoms with Crippen LogP contribution in [0.1, 0.15) is 29.7 Å². The van der Waals surface area contributed by atoms with Crippen molar-refractivity contribution in [3.63, 3.8) is 0 Å². The molecule has 38 heavy (non-hydrogen) atoms. The number of hydrogen-bond donors (Lipinski definition) is 0. The number of benzene rings is 3. The van der Waals surface area contributed by atoms with Gasteiger partial charge in [-0.05, 0) is 48.4 Å². The Hall–Kier alpha value is -4.70. The van der Waals surface area contributed by atoms with Crippen LogP contribution in [0.5, 0.6) is 0 Å². The molecule has 0 fully saturated rings. The van der Waals surface area contributed by atoms with Crippen LogP contribution in [0.15, 0.2) is 94.2 Å². The number of carbonyl (C=O) groups excluding carboxylic acids is 1. The second-order valence-corrected chi connectivity index (χ2v) is 9.34. The summed E-state index contributed by atoms with van der Waals surface area (Å²) in [6.07, 6.45) is 1.62. The van der Waals surface area contributed by atoms with Crippen LogP contribution in [-0.4, -0.2) is 22.1 Å². The van der Waals surface area contributed by atoms with Crippen LogP contribution < -0.4 is 14.9 Å². The smallest absolute Gasteiger partial charge is 0.338 e. The lowest BCUT2D eigenvalue weighted by atomic mass is 9.93. The average Bonchev–Trinajstić information content (AvgIpc) is 3.23. The second-order valence-electron chi connectivity index (χ2n) is 8.33. The minimum Gasteiger partial charge on any atom is -0.463 e. The van der Waals surface area contributed by atoms with Crippen molar-refractivity contribution in [2.24, 2.45) is 4.99 Å². The Morgan fingerprint density at radius 1 is 1.11 bits per heavy atom. The van der Waals surface area contributed by atoms with E-state index in [4.69, 9.17) is 9.73 Å². The monoisotopic (exact) mass is 529 g/mol. The first-order valence-electron chi connectivity index (χ1n) is 11.7. The number of non-ortho nitro benzene ring substituents is 1. The first-order chi connectivity index (χ1) is 18.4. The van der Waals surface area contributed by atoms with E-state index in [1.807, 2.05) is 30.3 Å². The number of nitro benzene ring substituents is 1. The van der Waals surface area contributed by atoms with E-state index >= 15 is 0 Å².